The Kier molecular flexibility index (Phi) is 5.58. The average molecular weight is 312 g/mol. The van der Waals surface area contributed by atoms with Gasteiger partial charge in [0, 0.05) is 32.0 Å². The third kappa shape index (κ3) is 4.28. The van der Waals surface area contributed by atoms with E-state index in [0.717, 1.165) is 30.9 Å². The molecular weight excluding hydrogens is 288 g/mol. The number of aliphatic hydroxyl groups is 1. The first kappa shape index (κ1) is 15.9. The predicted octanol–water partition coefficient (Wildman–Crippen LogP) is 1.53. The minimum absolute atomic E-state index is 0.0306. The third-order valence-corrected chi connectivity index (χ3v) is 4.29. The first-order valence-electron chi connectivity index (χ1n) is 8.15. The van der Waals surface area contributed by atoms with Crippen molar-refractivity contribution in [1.82, 2.24) is 15.6 Å². The highest BCUT2D eigenvalue weighted by atomic mass is 16.3. The summed E-state index contributed by atoms with van der Waals surface area (Å²) in [5.74, 6) is 1.04. The molecule has 5 nitrogen and oxygen atoms in total. The SMILES string of the molecule is OC[C@@H](NCN[C@@H]1CCN(c2ccccn2)C1)c1ccccc1. The fourth-order valence-electron chi connectivity index (χ4n) is 2.98. The molecule has 122 valence electrons. The summed E-state index contributed by atoms with van der Waals surface area (Å²) >= 11 is 0. The maximum atomic E-state index is 9.56. The van der Waals surface area contributed by atoms with E-state index in [1.807, 2.05) is 48.7 Å². The quantitative estimate of drug-likeness (QED) is 0.677. The molecule has 2 aromatic rings. The second-order valence-electron chi connectivity index (χ2n) is 5.85. The van der Waals surface area contributed by atoms with Crippen molar-refractivity contribution in [2.45, 2.75) is 18.5 Å². The summed E-state index contributed by atoms with van der Waals surface area (Å²) in [6.45, 7) is 2.77. The minimum atomic E-state index is -0.0306. The lowest BCUT2D eigenvalue weighted by Gasteiger charge is -2.20. The highest BCUT2D eigenvalue weighted by molar-refractivity contribution is 5.39. The van der Waals surface area contributed by atoms with Crippen LogP contribution in [0, 0.1) is 0 Å². The van der Waals surface area contributed by atoms with Crippen LogP contribution < -0.4 is 15.5 Å². The summed E-state index contributed by atoms with van der Waals surface area (Å²) < 4.78 is 0. The van der Waals surface area contributed by atoms with Crippen molar-refractivity contribution in [3.8, 4) is 0 Å². The zero-order valence-electron chi connectivity index (χ0n) is 13.2. The molecule has 1 saturated heterocycles. The first-order chi connectivity index (χ1) is 11.4. The Hall–Kier alpha value is -1.95. The molecule has 3 rings (SSSR count). The zero-order valence-corrected chi connectivity index (χ0v) is 13.2. The Morgan fingerprint density at radius 2 is 2.00 bits per heavy atom. The molecule has 0 aliphatic carbocycles. The number of hydrogen-bond donors (Lipinski definition) is 3. The number of aliphatic hydroxyl groups excluding tert-OH is 1. The minimum Gasteiger partial charge on any atom is -0.394 e. The average Bonchev–Trinajstić information content (AvgIpc) is 3.09. The van der Waals surface area contributed by atoms with Gasteiger partial charge in [-0.15, -0.1) is 0 Å². The number of rotatable bonds is 7. The van der Waals surface area contributed by atoms with E-state index >= 15 is 0 Å². The number of anilines is 1. The standard InChI is InChI=1S/C18H24N4O/c23-13-17(15-6-2-1-3-7-15)21-14-20-16-9-11-22(12-16)18-8-4-5-10-19-18/h1-8,10,16-17,20-21,23H,9,11-14H2/t16-,17-/m1/s1. The van der Waals surface area contributed by atoms with Gasteiger partial charge in [-0.05, 0) is 24.1 Å². The van der Waals surface area contributed by atoms with Crippen LogP contribution in [0.1, 0.15) is 18.0 Å². The molecule has 0 amide bonds. The van der Waals surface area contributed by atoms with Gasteiger partial charge in [-0.3, -0.25) is 10.6 Å². The van der Waals surface area contributed by atoms with Gasteiger partial charge < -0.3 is 10.0 Å². The van der Waals surface area contributed by atoms with E-state index in [1.165, 1.54) is 0 Å². The van der Waals surface area contributed by atoms with Crippen molar-refractivity contribution in [1.29, 1.82) is 0 Å². The molecule has 0 spiro atoms. The molecule has 2 atom stereocenters. The number of nitrogens with one attached hydrogen (secondary N) is 2. The van der Waals surface area contributed by atoms with E-state index in [-0.39, 0.29) is 12.6 Å². The summed E-state index contributed by atoms with van der Waals surface area (Å²) in [5, 5.41) is 16.5. The number of pyridine rings is 1. The first-order valence-corrected chi connectivity index (χ1v) is 8.15. The van der Waals surface area contributed by atoms with E-state index in [2.05, 4.69) is 26.6 Å². The number of aromatic nitrogens is 1. The lowest BCUT2D eigenvalue weighted by molar-refractivity contribution is 0.240. The molecule has 1 aromatic carbocycles. The smallest absolute Gasteiger partial charge is 0.128 e. The maximum Gasteiger partial charge on any atom is 0.128 e. The van der Waals surface area contributed by atoms with Crippen molar-refractivity contribution in [3.63, 3.8) is 0 Å². The number of benzene rings is 1. The van der Waals surface area contributed by atoms with Crippen LogP contribution in [-0.4, -0.2) is 42.5 Å². The lowest BCUT2D eigenvalue weighted by atomic mass is 10.1. The van der Waals surface area contributed by atoms with Crippen LogP contribution in [0.2, 0.25) is 0 Å². The summed E-state index contributed by atoms with van der Waals surface area (Å²) in [6.07, 6.45) is 2.94. The van der Waals surface area contributed by atoms with Gasteiger partial charge in [0.25, 0.3) is 0 Å². The van der Waals surface area contributed by atoms with Crippen molar-refractivity contribution < 1.29 is 5.11 Å². The number of hydrogen-bond acceptors (Lipinski definition) is 5. The van der Waals surface area contributed by atoms with Crippen LogP contribution in [0.5, 0.6) is 0 Å². The molecule has 0 unspecified atom stereocenters. The summed E-state index contributed by atoms with van der Waals surface area (Å²) in [7, 11) is 0. The lowest BCUT2D eigenvalue weighted by Crippen LogP contribution is -2.41. The van der Waals surface area contributed by atoms with Crippen LogP contribution >= 0.6 is 0 Å². The molecule has 1 aliphatic rings. The van der Waals surface area contributed by atoms with Crippen molar-refractivity contribution in [2.75, 3.05) is 31.3 Å². The van der Waals surface area contributed by atoms with E-state index in [0.29, 0.717) is 12.7 Å². The summed E-state index contributed by atoms with van der Waals surface area (Å²) in [4.78, 5) is 6.71. The van der Waals surface area contributed by atoms with Gasteiger partial charge in [0.05, 0.1) is 12.6 Å². The highest BCUT2D eigenvalue weighted by Gasteiger charge is 2.22. The fraction of sp³-hybridized carbons (Fsp3) is 0.389. The number of nitrogens with zero attached hydrogens (tertiary/aromatic N) is 2. The van der Waals surface area contributed by atoms with Crippen LogP contribution in [-0.2, 0) is 0 Å². The van der Waals surface area contributed by atoms with Crippen LogP contribution in [0.4, 0.5) is 5.82 Å². The molecule has 1 aliphatic heterocycles. The highest BCUT2D eigenvalue weighted by Crippen LogP contribution is 2.17. The second kappa shape index (κ2) is 8.06. The molecule has 3 N–H and O–H groups in total. The van der Waals surface area contributed by atoms with Gasteiger partial charge in [-0.25, -0.2) is 4.98 Å². The van der Waals surface area contributed by atoms with E-state index in [9.17, 15) is 5.11 Å². The van der Waals surface area contributed by atoms with E-state index < -0.39 is 0 Å². The second-order valence-corrected chi connectivity index (χ2v) is 5.85. The van der Waals surface area contributed by atoms with Crippen molar-refractivity contribution in [2.24, 2.45) is 0 Å². The maximum absolute atomic E-state index is 9.56. The van der Waals surface area contributed by atoms with Gasteiger partial charge >= 0.3 is 0 Å². The monoisotopic (exact) mass is 312 g/mol. The predicted molar refractivity (Wildman–Crippen MR) is 92.3 cm³/mol. The molecule has 2 heterocycles. The summed E-state index contributed by atoms with van der Waals surface area (Å²) in [5.41, 5.74) is 1.11. The third-order valence-electron chi connectivity index (χ3n) is 4.29. The van der Waals surface area contributed by atoms with Gasteiger partial charge in [0.15, 0.2) is 0 Å². The Morgan fingerprint density at radius 1 is 1.17 bits per heavy atom. The fourth-order valence-corrected chi connectivity index (χ4v) is 2.98. The topological polar surface area (TPSA) is 60.4 Å². The van der Waals surface area contributed by atoms with E-state index in [1.54, 1.807) is 0 Å². The largest absolute Gasteiger partial charge is 0.394 e. The molecule has 0 radical (unpaired) electrons. The molecule has 0 saturated carbocycles. The molecule has 1 fully saturated rings. The Bertz CT molecular complexity index is 578. The molecule has 5 heteroatoms. The van der Waals surface area contributed by atoms with Gasteiger partial charge in [0.2, 0.25) is 0 Å². The van der Waals surface area contributed by atoms with Crippen LogP contribution in [0.15, 0.2) is 54.7 Å². The Labute approximate surface area is 137 Å². The van der Waals surface area contributed by atoms with Crippen LogP contribution in [0.3, 0.4) is 0 Å². The van der Waals surface area contributed by atoms with E-state index in [4.69, 9.17) is 0 Å². The van der Waals surface area contributed by atoms with Gasteiger partial charge in [0.1, 0.15) is 5.82 Å². The van der Waals surface area contributed by atoms with Gasteiger partial charge in [-0.2, -0.15) is 0 Å². The van der Waals surface area contributed by atoms with Crippen LogP contribution in [0.25, 0.3) is 0 Å². The zero-order chi connectivity index (χ0) is 15.9. The Balaban J connectivity index is 1.44. The summed E-state index contributed by atoms with van der Waals surface area (Å²) in [6, 6.07) is 16.5. The Morgan fingerprint density at radius 3 is 2.74 bits per heavy atom. The molecular formula is C18H24N4O. The molecule has 23 heavy (non-hydrogen) atoms. The molecule has 1 aromatic heterocycles. The van der Waals surface area contributed by atoms with Gasteiger partial charge in [-0.1, -0.05) is 36.4 Å². The van der Waals surface area contributed by atoms with Crippen molar-refractivity contribution in [3.05, 3.63) is 60.3 Å². The normalized spacial score (nSPS) is 19.0. The van der Waals surface area contributed by atoms with Crippen molar-refractivity contribution >= 4 is 5.82 Å². The molecule has 0 bridgehead atoms.